The molecular formula is C17H14N6O2. The Kier molecular flexibility index (Phi) is 3.54. The Morgan fingerprint density at radius 3 is 2.88 bits per heavy atom. The van der Waals surface area contributed by atoms with Crippen LogP contribution in [-0.4, -0.2) is 19.5 Å². The molecule has 2 heterocycles. The number of aromatic nitrogens is 3. The number of anilines is 1. The summed E-state index contributed by atoms with van der Waals surface area (Å²) in [6.45, 7) is 0.300. The topological polar surface area (TPSA) is 110 Å². The molecule has 1 aromatic carbocycles. The number of nitrogens with zero attached hydrogens (tertiary/aromatic N) is 5. The van der Waals surface area contributed by atoms with E-state index in [1.54, 1.807) is 0 Å². The summed E-state index contributed by atoms with van der Waals surface area (Å²) in [5.74, 6) is 0.889. The molecule has 1 aliphatic rings. The van der Waals surface area contributed by atoms with Gasteiger partial charge in [-0.05, 0) is 31.0 Å². The fourth-order valence-corrected chi connectivity index (χ4v) is 2.98. The van der Waals surface area contributed by atoms with Gasteiger partial charge in [0.25, 0.3) is 0 Å². The number of para-hydroxylation sites is 2. The number of nitrogens with one attached hydrogen (secondary N) is 1. The molecule has 0 bridgehead atoms. The number of rotatable bonds is 5. The molecule has 1 saturated carbocycles. The van der Waals surface area contributed by atoms with Crippen LogP contribution < -0.4 is 5.32 Å². The third-order valence-corrected chi connectivity index (χ3v) is 4.22. The lowest BCUT2D eigenvalue weighted by atomic mass is 10.2. The molecule has 25 heavy (non-hydrogen) atoms. The van der Waals surface area contributed by atoms with Crippen molar-refractivity contribution >= 4 is 22.5 Å². The Bertz CT molecular complexity index is 1020. The molecule has 0 aliphatic heterocycles. The average molecular weight is 334 g/mol. The van der Waals surface area contributed by atoms with Gasteiger partial charge in [0.1, 0.15) is 17.5 Å². The number of hydrogen-bond acceptors (Lipinski definition) is 6. The predicted molar refractivity (Wildman–Crippen MR) is 90.9 cm³/mol. The van der Waals surface area contributed by atoms with E-state index < -0.39 is 4.92 Å². The van der Waals surface area contributed by atoms with Crippen LogP contribution in [0.1, 0.15) is 30.3 Å². The molecule has 1 N–H and O–H groups in total. The summed E-state index contributed by atoms with van der Waals surface area (Å²) in [6.07, 6.45) is 3.60. The molecule has 4 rings (SSSR count). The van der Waals surface area contributed by atoms with E-state index in [0.29, 0.717) is 12.6 Å². The quantitative estimate of drug-likeness (QED) is 0.567. The van der Waals surface area contributed by atoms with Gasteiger partial charge < -0.3 is 9.88 Å². The maximum absolute atomic E-state index is 11.3. The van der Waals surface area contributed by atoms with Crippen LogP contribution in [0.4, 0.5) is 11.5 Å². The number of hydrogen-bond donors (Lipinski definition) is 1. The molecule has 3 aromatic rings. The van der Waals surface area contributed by atoms with Crippen molar-refractivity contribution in [1.29, 1.82) is 5.26 Å². The molecule has 0 unspecified atom stereocenters. The van der Waals surface area contributed by atoms with Gasteiger partial charge in [-0.15, -0.1) is 0 Å². The summed E-state index contributed by atoms with van der Waals surface area (Å²) in [7, 11) is 0. The number of pyridine rings is 1. The molecule has 0 amide bonds. The van der Waals surface area contributed by atoms with E-state index in [1.165, 1.54) is 12.3 Å². The maximum atomic E-state index is 11.3. The number of nitriles is 1. The van der Waals surface area contributed by atoms with Crippen molar-refractivity contribution in [3.05, 3.63) is 58.0 Å². The summed E-state index contributed by atoms with van der Waals surface area (Å²) in [5, 5.41) is 23.3. The van der Waals surface area contributed by atoms with Gasteiger partial charge in [-0.25, -0.2) is 9.97 Å². The minimum Gasteiger partial charge on any atom is -0.357 e. The van der Waals surface area contributed by atoms with Crippen molar-refractivity contribution in [2.75, 3.05) is 5.32 Å². The molecule has 0 saturated heterocycles. The van der Waals surface area contributed by atoms with Crippen LogP contribution in [0, 0.1) is 21.4 Å². The van der Waals surface area contributed by atoms with E-state index >= 15 is 0 Å². The maximum Gasteiger partial charge on any atom is 0.328 e. The van der Waals surface area contributed by atoms with Crippen LogP contribution in [-0.2, 0) is 6.54 Å². The molecule has 8 heteroatoms. The molecule has 1 aliphatic carbocycles. The zero-order valence-corrected chi connectivity index (χ0v) is 13.2. The van der Waals surface area contributed by atoms with Crippen LogP contribution in [0.2, 0.25) is 0 Å². The van der Waals surface area contributed by atoms with Crippen LogP contribution in [0.25, 0.3) is 11.0 Å². The zero-order chi connectivity index (χ0) is 17.4. The molecule has 8 nitrogen and oxygen atoms in total. The van der Waals surface area contributed by atoms with E-state index in [2.05, 4.69) is 19.9 Å². The van der Waals surface area contributed by atoms with Crippen molar-refractivity contribution in [2.45, 2.75) is 25.4 Å². The first-order chi connectivity index (χ1) is 12.2. The minimum absolute atomic E-state index is 0.0156. The SMILES string of the molecule is N#Cc1ccnc(NCc2nc3ccccc3n2C2CC2)c1[N+](=O)[O-]. The normalized spacial score (nSPS) is 13.6. The molecule has 124 valence electrons. The highest BCUT2D eigenvalue weighted by atomic mass is 16.6. The van der Waals surface area contributed by atoms with Gasteiger partial charge >= 0.3 is 5.69 Å². The second-order valence-corrected chi connectivity index (χ2v) is 5.90. The Labute approximate surface area is 142 Å². The van der Waals surface area contributed by atoms with Crippen molar-refractivity contribution in [3.63, 3.8) is 0 Å². The van der Waals surface area contributed by atoms with Gasteiger partial charge in [-0.3, -0.25) is 10.1 Å². The van der Waals surface area contributed by atoms with Crippen LogP contribution >= 0.6 is 0 Å². The van der Waals surface area contributed by atoms with Crippen LogP contribution in [0.5, 0.6) is 0 Å². The second kappa shape index (κ2) is 5.87. The van der Waals surface area contributed by atoms with Gasteiger partial charge in [0, 0.05) is 12.2 Å². The first-order valence-corrected chi connectivity index (χ1v) is 7.92. The lowest BCUT2D eigenvalue weighted by Crippen LogP contribution is -2.10. The number of nitro groups is 1. The third kappa shape index (κ3) is 2.65. The van der Waals surface area contributed by atoms with Gasteiger partial charge in [0.05, 0.1) is 22.5 Å². The summed E-state index contributed by atoms with van der Waals surface area (Å²) in [6, 6.07) is 11.5. The minimum atomic E-state index is -0.586. The van der Waals surface area contributed by atoms with Crippen LogP contribution in [0.15, 0.2) is 36.5 Å². The van der Waals surface area contributed by atoms with E-state index in [1.807, 2.05) is 30.3 Å². The Hall–Kier alpha value is -3.47. The summed E-state index contributed by atoms with van der Waals surface area (Å²) < 4.78 is 2.18. The predicted octanol–water partition coefficient (Wildman–Crippen LogP) is 3.16. The van der Waals surface area contributed by atoms with Gasteiger partial charge in [0.15, 0.2) is 0 Å². The molecule has 2 aromatic heterocycles. The van der Waals surface area contributed by atoms with Crippen molar-refractivity contribution in [1.82, 2.24) is 14.5 Å². The summed E-state index contributed by atoms with van der Waals surface area (Å²) in [5.41, 5.74) is 1.65. The van der Waals surface area contributed by atoms with Gasteiger partial charge in [-0.2, -0.15) is 5.26 Å². The average Bonchev–Trinajstić information content (AvgIpc) is 3.39. The summed E-state index contributed by atoms with van der Waals surface area (Å²) in [4.78, 5) is 19.4. The highest BCUT2D eigenvalue weighted by molar-refractivity contribution is 5.76. The second-order valence-electron chi connectivity index (χ2n) is 5.90. The lowest BCUT2D eigenvalue weighted by molar-refractivity contribution is -0.384. The van der Waals surface area contributed by atoms with Gasteiger partial charge in [0.2, 0.25) is 5.82 Å². The molecule has 0 radical (unpaired) electrons. The standard InChI is InChI=1S/C17H14N6O2/c18-9-11-7-8-19-17(16(11)23(24)25)20-10-15-21-13-3-1-2-4-14(13)22(15)12-5-6-12/h1-4,7-8,12H,5-6,10H2,(H,19,20). The molecule has 0 spiro atoms. The van der Waals surface area contributed by atoms with E-state index in [-0.39, 0.29) is 17.1 Å². The fraction of sp³-hybridized carbons (Fsp3) is 0.235. The molecule has 0 atom stereocenters. The zero-order valence-electron chi connectivity index (χ0n) is 13.2. The highest BCUT2D eigenvalue weighted by Crippen LogP contribution is 2.39. The lowest BCUT2D eigenvalue weighted by Gasteiger charge is -2.09. The Morgan fingerprint density at radius 1 is 1.36 bits per heavy atom. The Morgan fingerprint density at radius 2 is 2.16 bits per heavy atom. The largest absolute Gasteiger partial charge is 0.357 e. The fourth-order valence-electron chi connectivity index (χ4n) is 2.98. The number of imidazole rings is 1. The third-order valence-electron chi connectivity index (χ3n) is 4.22. The van der Waals surface area contributed by atoms with E-state index in [4.69, 9.17) is 5.26 Å². The van der Waals surface area contributed by atoms with Crippen molar-refractivity contribution in [2.24, 2.45) is 0 Å². The highest BCUT2D eigenvalue weighted by Gasteiger charge is 2.28. The van der Waals surface area contributed by atoms with Crippen molar-refractivity contribution < 1.29 is 4.92 Å². The first kappa shape index (κ1) is 15.1. The van der Waals surface area contributed by atoms with Gasteiger partial charge in [-0.1, -0.05) is 12.1 Å². The number of benzene rings is 1. The first-order valence-electron chi connectivity index (χ1n) is 7.92. The smallest absolute Gasteiger partial charge is 0.328 e. The number of fused-ring (bicyclic) bond motifs is 1. The van der Waals surface area contributed by atoms with E-state index in [9.17, 15) is 10.1 Å². The molecule has 1 fully saturated rings. The monoisotopic (exact) mass is 334 g/mol. The van der Waals surface area contributed by atoms with Crippen LogP contribution in [0.3, 0.4) is 0 Å². The van der Waals surface area contributed by atoms with Crippen molar-refractivity contribution in [3.8, 4) is 6.07 Å². The molecular weight excluding hydrogens is 320 g/mol. The van der Waals surface area contributed by atoms with E-state index in [0.717, 1.165) is 29.7 Å². The Balaban J connectivity index is 1.69. The summed E-state index contributed by atoms with van der Waals surface area (Å²) >= 11 is 0.